The van der Waals surface area contributed by atoms with E-state index in [1.807, 2.05) is 6.07 Å². The molecule has 8 heteroatoms. The van der Waals surface area contributed by atoms with Crippen molar-refractivity contribution in [2.75, 3.05) is 29.9 Å². The third-order valence-electron chi connectivity index (χ3n) is 4.37. The quantitative estimate of drug-likeness (QED) is 0.913. The second-order valence-corrected chi connectivity index (χ2v) is 6.00. The molecule has 2 aromatic rings. The van der Waals surface area contributed by atoms with Gasteiger partial charge in [0, 0.05) is 25.7 Å². The molecule has 2 aliphatic rings. The summed E-state index contributed by atoms with van der Waals surface area (Å²) in [5.74, 6) is 0.924. The zero-order valence-electron chi connectivity index (χ0n) is 12.5. The Balaban J connectivity index is 1.39. The van der Waals surface area contributed by atoms with Gasteiger partial charge in [-0.3, -0.25) is 0 Å². The molecule has 1 spiro atoms. The van der Waals surface area contributed by atoms with Crippen LogP contribution in [0.15, 0.2) is 31.0 Å². The van der Waals surface area contributed by atoms with Crippen molar-refractivity contribution in [3.8, 4) is 0 Å². The fraction of sp³-hybridized carbons (Fsp3) is 0.467. The van der Waals surface area contributed by atoms with Gasteiger partial charge in [0.25, 0.3) is 0 Å². The van der Waals surface area contributed by atoms with E-state index < -0.39 is 5.82 Å². The molecule has 1 N–H and O–H groups in total. The summed E-state index contributed by atoms with van der Waals surface area (Å²) in [6, 6.07) is 2.04. The first kappa shape index (κ1) is 14.3. The fourth-order valence-electron chi connectivity index (χ4n) is 3.30. The van der Waals surface area contributed by atoms with Crippen LogP contribution in [0.4, 0.5) is 16.2 Å². The molecule has 7 nitrogen and oxygen atoms in total. The lowest BCUT2D eigenvalue weighted by Crippen LogP contribution is -2.34. The van der Waals surface area contributed by atoms with Crippen molar-refractivity contribution < 1.29 is 9.13 Å². The molecule has 4 heterocycles. The van der Waals surface area contributed by atoms with Crippen molar-refractivity contribution in [2.45, 2.75) is 24.5 Å². The Morgan fingerprint density at radius 3 is 2.96 bits per heavy atom. The molecule has 0 bridgehead atoms. The van der Waals surface area contributed by atoms with Gasteiger partial charge >= 0.3 is 0 Å². The molecule has 23 heavy (non-hydrogen) atoms. The van der Waals surface area contributed by atoms with E-state index in [0.29, 0.717) is 12.6 Å². The highest BCUT2D eigenvalue weighted by atomic mass is 19.1. The molecule has 0 amide bonds. The van der Waals surface area contributed by atoms with E-state index in [-0.39, 0.29) is 11.6 Å². The minimum absolute atomic E-state index is 0.130. The summed E-state index contributed by atoms with van der Waals surface area (Å²) in [6.07, 6.45) is 7.46. The molecule has 2 fully saturated rings. The van der Waals surface area contributed by atoms with Gasteiger partial charge in [-0.05, 0) is 12.5 Å². The Hall–Kier alpha value is -2.35. The Kier molecular flexibility index (Phi) is 3.53. The number of halogens is 1. The second kappa shape index (κ2) is 5.69. The molecular formula is C15H17FN6O. The van der Waals surface area contributed by atoms with Crippen molar-refractivity contribution in [3.05, 3.63) is 36.8 Å². The highest BCUT2D eigenvalue weighted by molar-refractivity contribution is 5.40. The van der Waals surface area contributed by atoms with E-state index in [1.54, 1.807) is 12.5 Å². The topological polar surface area (TPSA) is 76.1 Å². The van der Waals surface area contributed by atoms with Crippen LogP contribution in [-0.2, 0) is 4.74 Å². The summed E-state index contributed by atoms with van der Waals surface area (Å²) in [6.45, 7) is 2.32. The minimum atomic E-state index is -0.439. The summed E-state index contributed by atoms with van der Waals surface area (Å²) in [5.41, 5.74) is -0.164. The van der Waals surface area contributed by atoms with Gasteiger partial charge in [-0.25, -0.2) is 24.3 Å². The van der Waals surface area contributed by atoms with Gasteiger partial charge in [-0.2, -0.15) is 0 Å². The minimum Gasteiger partial charge on any atom is -0.371 e. The summed E-state index contributed by atoms with van der Waals surface area (Å²) in [5, 5.41) is 3.22. The largest absolute Gasteiger partial charge is 0.371 e. The Bertz CT molecular complexity index is 669. The van der Waals surface area contributed by atoms with Gasteiger partial charge in [-0.1, -0.05) is 0 Å². The molecular weight excluding hydrogens is 299 g/mol. The molecule has 0 aliphatic carbocycles. The summed E-state index contributed by atoms with van der Waals surface area (Å²) < 4.78 is 18.9. The first-order chi connectivity index (χ1) is 11.2. The van der Waals surface area contributed by atoms with E-state index in [4.69, 9.17) is 4.74 Å². The van der Waals surface area contributed by atoms with Crippen LogP contribution in [0.5, 0.6) is 0 Å². The Morgan fingerprint density at radius 1 is 1.30 bits per heavy atom. The first-order valence-corrected chi connectivity index (χ1v) is 7.61. The van der Waals surface area contributed by atoms with Gasteiger partial charge in [0.05, 0.1) is 30.6 Å². The predicted octanol–water partition coefficient (Wildman–Crippen LogP) is 1.26. The van der Waals surface area contributed by atoms with Crippen LogP contribution in [0.1, 0.15) is 12.8 Å². The SMILES string of the molecule is Fc1cnc(N[C@H]2CO[C@]3(CCN(c4ccncn4)C3)C2)nc1. The van der Waals surface area contributed by atoms with Gasteiger partial charge in [0.2, 0.25) is 5.95 Å². The van der Waals surface area contributed by atoms with Crippen LogP contribution in [0.25, 0.3) is 0 Å². The molecule has 2 saturated heterocycles. The lowest BCUT2D eigenvalue weighted by atomic mass is 9.97. The average Bonchev–Trinajstić information content (AvgIpc) is 3.18. The second-order valence-electron chi connectivity index (χ2n) is 6.00. The van der Waals surface area contributed by atoms with Crippen LogP contribution in [-0.4, -0.2) is 51.3 Å². The molecule has 120 valence electrons. The van der Waals surface area contributed by atoms with Crippen LogP contribution >= 0.6 is 0 Å². The summed E-state index contributed by atoms with van der Waals surface area (Å²) in [4.78, 5) is 18.3. The maximum Gasteiger partial charge on any atom is 0.223 e. The monoisotopic (exact) mass is 316 g/mol. The van der Waals surface area contributed by atoms with E-state index in [1.165, 1.54) is 0 Å². The number of nitrogens with one attached hydrogen (secondary N) is 1. The zero-order chi connectivity index (χ0) is 15.7. The zero-order valence-corrected chi connectivity index (χ0v) is 12.5. The maximum atomic E-state index is 12.9. The van der Waals surface area contributed by atoms with E-state index >= 15 is 0 Å². The van der Waals surface area contributed by atoms with Crippen LogP contribution < -0.4 is 10.2 Å². The highest BCUT2D eigenvalue weighted by Crippen LogP contribution is 2.37. The lowest BCUT2D eigenvalue weighted by Gasteiger charge is -2.23. The fourth-order valence-corrected chi connectivity index (χ4v) is 3.30. The maximum absolute atomic E-state index is 12.9. The Labute approximate surface area is 132 Å². The molecule has 2 atom stereocenters. The predicted molar refractivity (Wildman–Crippen MR) is 81.6 cm³/mol. The molecule has 0 aromatic carbocycles. The standard InChI is InChI=1S/C15H17FN6O/c16-11-6-18-14(19-7-11)21-12-5-15(23-8-12)2-4-22(9-15)13-1-3-17-10-20-13/h1,3,6-7,10,12H,2,4-5,8-9H2,(H,18,19,21)/t12-,15-/m1/s1. The molecule has 2 aromatic heterocycles. The van der Waals surface area contributed by atoms with Gasteiger partial charge in [0.15, 0.2) is 5.82 Å². The van der Waals surface area contributed by atoms with E-state index in [9.17, 15) is 4.39 Å². The number of rotatable bonds is 3. The van der Waals surface area contributed by atoms with Crippen LogP contribution in [0, 0.1) is 5.82 Å². The number of hydrogen-bond acceptors (Lipinski definition) is 7. The van der Waals surface area contributed by atoms with Crippen molar-refractivity contribution in [1.29, 1.82) is 0 Å². The van der Waals surface area contributed by atoms with E-state index in [0.717, 1.165) is 44.1 Å². The smallest absolute Gasteiger partial charge is 0.223 e. The number of ether oxygens (including phenoxy) is 1. The van der Waals surface area contributed by atoms with Gasteiger partial charge < -0.3 is 15.0 Å². The normalized spacial score (nSPS) is 26.8. The average molecular weight is 316 g/mol. The summed E-state index contributed by atoms with van der Waals surface area (Å²) in [7, 11) is 0. The van der Waals surface area contributed by atoms with Crippen molar-refractivity contribution in [2.24, 2.45) is 0 Å². The number of aromatic nitrogens is 4. The number of nitrogens with zero attached hydrogens (tertiary/aromatic N) is 5. The lowest BCUT2D eigenvalue weighted by molar-refractivity contribution is 0.0228. The van der Waals surface area contributed by atoms with Gasteiger partial charge in [0.1, 0.15) is 12.1 Å². The molecule has 0 saturated carbocycles. The van der Waals surface area contributed by atoms with Crippen molar-refractivity contribution >= 4 is 11.8 Å². The summed E-state index contributed by atoms with van der Waals surface area (Å²) >= 11 is 0. The van der Waals surface area contributed by atoms with Crippen molar-refractivity contribution in [3.63, 3.8) is 0 Å². The highest BCUT2D eigenvalue weighted by Gasteiger charge is 2.46. The third kappa shape index (κ3) is 2.94. The first-order valence-electron chi connectivity index (χ1n) is 7.61. The van der Waals surface area contributed by atoms with Crippen LogP contribution in [0.3, 0.4) is 0 Å². The van der Waals surface area contributed by atoms with Crippen molar-refractivity contribution in [1.82, 2.24) is 19.9 Å². The Morgan fingerprint density at radius 2 is 2.17 bits per heavy atom. The molecule has 0 unspecified atom stereocenters. The number of anilines is 2. The third-order valence-corrected chi connectivity index (χ3v) is 4.37. The molecule has 0 radical (unpaired) electrons. The van der Waals surface area contributed by atoms with E-state index in [2.05, 4.69) is 30.2 Å². The van der Waals surface area contributed by atoms with Crippen LogP contribution in [0.2, 0.25) is 0 Å². The number of hydrogen-bond donors (Lipinski definition) is 1. The molecule has 2 aliphatic heterocycles. The molecule has 4 rings (SSSR count). The van der Waals surface area contributed by atoms with Gasteiger partial charge in [-0.15, -0.1) is 0 Å².